The molecule has 1 heterocycles. The SMILES string of the molecule is CCc1cnc(CCNC(=NC)NCCc2cccc(C(=O)NC)c2)s1. The minimum atomic E-state index is -0.0642. The van der Waals surface area contributed by atoms with Crippen LogP contribution >= 0.6 is 11.3 Å². The van der Waals surface area contributed by atoms with E-state index < -0.39 is 0 Å². The maximum Gasteiger partial charge on any atom is 0.251 e. The van der Waals surface area contributed by atoms with E-state index >= 15 is 0 Å². The number of benzene rings is 1. The van der Waals surface area contributed by atoms with Crippen molar-refractivity contribution in [1.82, 2.24) is 20.9 Å². The number of hydrogen-bond donors (Lipinski definition) is 3. The molecule has 0 aliphatic carbocycles. The second-order valence-electron chi connectivity index (χ2n) is 5.78. The summed E-state index contributed by atoms with van der Waals surface area (Å²) in [4.78, 5) is 21.7. The first-order valence-corrected chi connectivity index (χ1v) is 9.67. The first kappa shape index (κ1) is 19.9. The minimum absolute atomic E-state index is 0.0642. The number of rotatable bonds is 8. The van der Waals surface area contributed by atoms with Crippen molar-refractivity contribution in [3.8, 4) is 0 Å². The van der Waals surface area contributed by atoms with Gasteiger partial charge < -0.3 is 16.0 Å². The Labute approximate surface area is 159 Å². The number of amides is 1. The first-order chi connectivity index (χ1) is 12.7. The van der Waals surface area contributed by atoms with Gasteiger partial charge in [-0.15, -0.1) is 11.3 Å². The molecule has 0 saturated carbocycles. The third-order valence-electron chi connectivity index (χ3n) is 3.93. The van der Waals surface area contributed by atoms with Crippen molar-refractivity contribution in [2.45, 2.75) is 26.2 Å². The van der Waals surface area contributed by atoms with Gasteiger partial charge in [0.05, 0.1) is 5.01 Å². The Bertz CT molecular complexity index is 741. The van der Waals surface area contributed by atoms with Gasteiger partial charge in [-0.2, -0.15) is 0 Å². The molecule has 140 valence electrons. The smallest absolute Gasteiger partial charge is 0.251 e. The summed E-state index contributed by atoms with van der Waals surface area (Å²) in [5, 5.41) is 10.4. The van der Waals surface area contributed by atoms with Gasteiger partial charge in [-0.25, -0.2) is 4.98 Å². The predicted molar refractivity (Wildman–Crippen MR) is 108 cm³/mol. The molecule has 0 radical (unpaired) electrons. The normalized spacial score (nSPS) is 11.3. The number of aromatic nitrogens is 1. The van der Waals surface area contributed by atoms with E-state index in [1.54, 1.807) is 25.4 Å². The Balaban J connectivity index is 1.74. The number of aryl methyl sites for hydroxylation is 1. The third-order valence-corrected chi connectivity index (χ3v) is 5.13. The van der Waals surface area contributed by atoms with Gasteiger partial charge in [0.25, 0.3) is 5.91 Å². The number of aliphatic imine (C=N–C) groups is 1. The van der Waals surface area contributed by atoms with E-state index in [1.807, 2.05) is 30.5 Å². The molecule has 2 aromatic rings. The van der Waals surface area contributed by atoms with Crippen LogP contribution in [0.15, 0.2) is 35.5 Å². The fourth-order valence-corrected chi connectivity index (χ4v) is 3.34. The molecular weight excluding hydrogens is 346 g/mol. The standard InChI is InChI=1S/C19H27N5OS/c1-4-16-13-24-17(26-16)9-11-23-19(21-3)22-10-8-14-6-5-7-15(12-14)18(25)20-2/h5-7,12-13H,4,8-11H2,1-3H3,(H,20,25)(H2,21,22,23). The number of thiazole rings is 1. The van der Waals surface area contributed by atoms with Crippen LogP contribution in [-0.2, 0) is 19.3 Å². The molecule has 26 heavy (non-hydrogen) atoms. The summed E-state index contributed by atoms with van der Waals surface area (Å²) >= 11 is 1.77. The lowest BCUT2D eigenvalue weighted by Crippen LogP contribution is -2.39. The number of guanidine groups is 1. The Morgan fingerprint density at radius 1 is 1.23 bits per heavy atom. The van der Waals surface area contributed by atoms with Crippen molar-refractivity contribution in [2.24, 2.45) is 4.99 Å². The highest BCUT2D eigenvalue weighted by atomic mass is 32.1. The number of hydrogen-bond acceptors (Lipinski definition) is 4. The van der Waals surface area contributed by atoms with Crippen molar-refractivity contribution >= 4 is 23.2 Å². The van der Waals surface area contributed by atoms with Crippen LogP contribution in [-0.4, -0.2) is 44.0 Å². The highest BCUT2D eigenvalue weighted by Gasteiger charge is 2.05. The molecule has 0 unspecified atom stereocenters. The van der Waals surface area contributed by atoms with E-state index in [9.17, 15) is 4.79 Å². The third kappa shape index (κ3) is 6.15. The lowest BCUT2D eigenvalue weighted by molar-refractivity contribution is 0.0963. The summed E-state index contributed by atoms with van der Waals surface area (Å²) in [5.74, 6) is 0.713. The van der Waals surface area contributed by atoms with Gasteiger partial charge in [0, 0.05) is 50.2 Å². The first-order valence-electron chi connectivity index (χ1n) is 8.85. The monoisotopic (exact) mass is 373 g/mol. The Morgan fingerprint density at radius 2 is 2.00 bits per heavy atom. The quantitative estimate of drug-likeness (QED) is 0.489. The van der Waals surface area contributed by atoms with Crippen LogP contribution in [0.25, 0.3) is 0 Å². The van der Waals surface area contributed by atoms with Gasteiger partial charge in [0.2, 0.25) is 0 Å². The molecule has 7 heteroatoms. The van der Waals surface area contributed by atoms with Gasteiger partial charge in [0.15, 0.2) is 5.96 Å². The molecule has 1 aromatic heterocycles. The molecule has 0 fully saturated rings. The van der Waals surface area contributed by atoms with Crippen molar-refractivity contribution in [2.75, 3.05) is 27.2 Å². The molecule has 0 atom stereocenters. The molecule has 1 amide bonds. The minimum Gasteiger partial charge on any atom is -0.356 e. The van der Waals surface area contributed by atoms with Crippen LogP contribution in [0.3, 0.4) is 0 Å². The highest BCUT2D eigenvalue weighted by molar-refractivity contribution is 7.11. The number of nitrogens with one attached hydrogen (secondary N) is 3. The van der Waals surface area contributed by atoms with Gasteiger partial charge in [-0.1, -0.05) is 19.1 Å². The van der Waals surface area contributed by atoms with Crippen LogP contribution in [0.2, 0.25) is 0 Å². The summed E-state index contributed by atoms with van der Waals surface area (Å²) in [6.07, 6.45) is 4.70. The second-order valence-corrected chi connectivity index (χ2v) is 6.98. The molecule has 0 aliphatic rings. The molecule has 3 N–H and O–H groups in total. The summed E-state index contributed by atoms with van der Waals surface area (Å²) in [6.45, 7) is 3.68. The van der Waals surface area contributed by atoms with Crippen LogP contribution in [0.5, 0.6) is 0 Å². The van der Waals surface area contributed by atoms with Gasteiger partial charge in [-0.3, -0.25) is 9.79 Å². The molecule has 0 spiro atoms. The van der Waals surface area contributed by atoms with Gasteiger partial charge in [0.1, 0.15) is 0 Å². The fraction of sp³-hybridized carbons (Fsp3) is 0.421. The Morgan fingerprint density at radius 3 is 2.65 bits per heavy atom. The van der Waals surface area contributed by atoms with Crippen molar-refractivity contribution in [3.05, 3.63) is 51.5 Å². The summed E-state index contributed by atoms with van der Waals surface area (Å²) < 4.78 is 0. The average Bonchev–Trinajstić information content (AvgIpc) is 3.14. The zero-order valence-electron chi connectivity index (χ0n) is 15.6. The highest BCUT2D eigenvalue weighted by Crippen LogP contribution is 2.13. The second kappa shape index (κ2) is 10.6. The lowest BCUT2D eigenvalue weighted by atomic mass is 10.1. The van der Waals surface area contributed by atoms with E-state index in [1.165, 1.54) is 4.88 Å². The maximum absolute atomic E-state index is 11.7. The van der Waals surface area contributed by atoms with Crippen LogP contribution < -0.4 is 16.0 Å². The zero-order valence-corrected chi connectivity index (χ0v) is 16.4. The van der Waals surface area contributed by atoms with E-state index in [0.29, 0.717) is 5.56 Å². The molecule has 0 aliphatic heterocycles. The summed E-state index contributed by atoms with van der Waals surface area (Å²) in [7, 11) is 3.40. The van der Waals surface area contributed by atoms with Crippen molar-refractivity contribution in [1.29, 1.82) is 0 Å². The number of carbonyl (C=O) groups is 1. The molecule has 0 bridgehead atoms. The molecular formula is C19H27N5OS. The van der Waals surface area contributed by atoms with Gasteiger partial charge >= 0.3 is 0 Å². The number of carbonyl (C=O) groups excluding carboxylic acids is 1. The molecule has 2 rings (SSSR count). The summed E-state index contributed by atoms with van der Waals surface area (Å²) in [5.41, 5.74) is 1.80. The fourth-order valence-electron chi connectivity index (χ4n) is 2.47. The topological polar surface area (TPSA) is 78.4 Å². The maximum atomic E-state index is 11.7. The van der Waals surface area contributed by atoms with Crippen LogP contribution in [0.1, 0.15) is 32.7 Å². The Kier molecular flexibility index (Phi) is 8.08. The average molecular weight is 374 g/mol. The van der Waals surface area contributed by atoms with Crippen molar-refractivity contribution < 1.29 is 4.79 Å². The zero-order chi connectivity index (χ0) is 18.8. The van der Waals surface area contributed by atoms with E-state index in [0.717, 1.165) is 48.9 Å². The summed E-state index contributed by atoms with van der Waals surface area (Å²) in [6, 6.07) is 7.67. The molecule has 6 nitrogen and oxygen atoms in total. The van der Waals surface area contributed by atoms with Crippen LogP contribution in [0.4, 0.5) is 0 Å². The van der Waals surface area contributed by atoms with Gasteiger partial charge in [-0.05, 0) is 30.5 Å². The van der Waals surface area contributed by atoms with E-state index in [4.69, 9.17) is 0 Å². The predicted octanol–water partition coefficient (Wildman–Crippen LogP) is 2.02. The number of nitrogens with zero attached hydrogens (tertiary/aromatic N) is 2. The molecule has 0 saturated heterocycles. The van der Waals surface area contributed by atoms with E-state index in [2.05, 4.69) is 32.9 Å². The molecule has 1 aromatic carbocycles. The Hall–Kier alpha value is -2.41. The van der Waals surface area contributed by atoms with Crippen molar-refractivity contribution in [3.63, 3.8) is 0 Å². The largest absolute Gasteiger partial charge is 0.356 e. The van der Waals surface area contributed by atoms with Crippen LogP contribution in [0, 0.1) is 0 Å². The lowest BCUT2D eigenvalue weighted by Gasteiger charge is -2.11. The van der Waals surface area contributed by atoms with E-state index in [-0.39, 0.29) is 5.91 Å².